The van der Waals surface area contributed by atoms with E-state index in [0.717, 1.165) is 0 Å². The van der Waals surface area contributed by atoms with Crippen LogP contribution in [0.4, 0.5) is 5.69 Å². The quantitative estimate of drug-likeness (QED) is 0.826. The molecule has 0 aliphatic carbocycles. The molecule has 0 saturated carbocycles. The fourth-order valence-electron chi connectivity index (χ4n) is 1.89. The van der Waals surface area contributed by atoms with Gasteiger partial charge in [-0.25, -0.2) is 0 Å². The van der Waals surface area contributed by atoms with Crippen LogP contribution in [-0.2, 0) is 10.1 Å². The molecule has 0 aliphatic heterocycles. The van der Waals surface area contributed by atoms with Crippen molar-refractivity contribution in [3.05, 3.63) is 54.1 Å². The summed E-state index contributed by atoms with van der Waals surface area (Å²) < 4.78 is 37.3. The molecule has 7 heteroatoms. The summed E-state index contributed by atoms with van der Waals surface area (Å²) in [6.07, 6.45) is 0. The van der Waals surface area contributed by atoms with Crippen molar-refractivity contribution in [2.75, 3.05) is 11.9 Å². The second kappa shape index (κ2) is 6.59. The van der Waals surface area contributed by atoms with Gasteiger partial charge < -0.3 is 10.1 Å². The van der Waals surface area contributed by atoms with Crippen LogP contribution < -0.4 is 10.1 Å². The largest absolute Gasteiger partial charge is 0.490 e. The average Bonchev–Trinajstić information content (AvgIpc) is 2.49. The predicted molar refractivity (Wildman–Crippen MR) is 81.8 cm³/mol. The van der Waals surface area contributed by atoms with E-state index >= 15 is 0 Å². The van der Waals surface area contributed by atoms with Crippen molar-refractivity contribution in [3.8, 4) is 5.75 Å². The highest BCUT2D eigenvalue weighted by Crippen LogP contribution is 2.32. The SMILES string of the molecule is CCOc1c(NC(=O)c2ccccc2)cccc1S(=O)(=O)O. The van der Waals surface area contributed by atoms with E-state index in [1.165, 1.54) is 18.2 Å². The molecule has 1 amide bonds. The van der Waals surface area contributed by atoms with Crippen molar-refractivity contribution in [2.45, 2.75) is 11.8 Å². The Morgan fingerprint density at radius 1 is 1.14 bits per heavy atom. The van der Waals surface area contributed by atoms with Gasteiger partial charge in [-0.3, -0.25) is 9.35 Å². The minimum Gasteiger partial charge on any atom is -0.490 e. The van der Waals surface area contributed by atoms with E-state index in [1.807, 2.05) is 0 Å². The molecule has 2 N–H and O–H groups in total. The zero-order chi connectivity index (χ0) is 16.2. The van der Waals surface area contributed by atoms with Gasteiger partial charge in [0.25, 0.3) is 16.0 Å². The number of rotatable bonds is 5. The summed E-state index contributed by atoms with van der Waals surface area (Å²) in [5, 5.41) is 2.58. The predicted octanol–water partition coefficient (Wildman–Crippen LogP) is 2.58. The molecule has 6 nitrogen and oxygen atoms in total. The molecule has 0 atom stereocenters. The maximum absolute atomic E-state index is 12.2. The van der Waals surface area contributed by atoms with E-state index in [0.29, 0.717) is 5.56 Å². The maximum Gasteiger partial charge on any atom is 0.298 e. The van der Waals surface area contributed by atoms with Crippen LogP contribution in [0.2, 0.25) is 0 Å². The van der Waals surface area contributed by atoms with Crippen molar-refractivity contribution in [1.29, 1.82) is 0 Å². The van der Waals surface area contributed by atoms with Gasteiger partial charge in [-0.2, -0.15) is 8.42 Å². The Bertz CT molecular complexity index is 772. The molecule has 0 unspecified atom stereocenters. The number of anilines is 1. The summed E-state index contributed by atoms with van der Waals surface area (Å²) in [5.41, 5.74) is 0.591. The molecule has 22 heavy (non-hydrogen) atoms. The van der Waals surface area contributed by atoms with Crippen LogP contribution in [0.25, 0.3) is 0 Å². The Balaban J connectivity index is 2.41. The molecular formula is C15H15NO5S. The Kier molecular flexibility index (Phi) is 4.79. The first-order valence-electron chi connectivity index (χ1n) is 6.53. The van der Waals surface area contributed by atoms with Crippen molar-refractivity contribution in [2.24, 2.45) is 0 Å². The molecule has 0 spiro atoms. The average molecular weight is 321 g/mol. The van der Waals surface area contributed by atoms with Crippen molar-refractivity contribution in [3.63, 3.8) is 0 Å². The smallest absolute Gasteiger partial charge is 0.298 e. The van der Waals surface area contributed by atoms with Crippen molar-refractivity contribution >= 4 is 21.7 Å². The first-order valence-corrected chi connectivity index (χ1v) is 7.97. The Labute approximate surface area is 128 Å². The summed E-state index contributed by atoms with van der Waals surface area (Å²) in [6, 6.07) is 12.6. The second-order valence-electron chi connectivity index (χ2n) is 4.36. The molecule has 2 rings (SSSR count). The van der Waals surface area contributed by atoms with Crippen LogP contribution in [0.3, 0.4) is 0 Å². The number of hydrogen-bond acceptors (Lipinski definition) is 4. The monoisotopic (exact) mass is 321 g/mol. The number of para-hydroxylation sites is 1. The normalized spacial score (nSPS) is 11.0. The van der Waals surface area contributed by atoms with Crippen LogP contribution in [-0.4, -0.2) is 25.5 Å². The van der Waals surface area contributed by atoms with E-state index in [4.69, 9.17) is 4.74 Å². The van der Waals surface area contributed by atoms with Crippen LogP contribution in [0, 0.1) is 0 Å². The molecule has 0 radical (unpaired) electrons. The lowest BCUT2D eigenvalue weighted by Gasteiger charge is -2.14. The van der Waals surface area contributed by atoms with E-state index in [-0.39, 0.29) is 22.9 Å². The molecule has 2 aromatic rings. The second-order valence-corrected chi connectivity index (χ2v) is 5.75. The molecule has 2 aromatic carbocycles. The summed E-state index contributed by atoms with van der Waals surface area (Å²) in [5.74, 6) is -0.495. The van der Waals surface area contributed by atoms with Gasteiger partial charge in [0.05, 0.1) is 12.3 Å². The Morgan fingerprint density at radius 2 is 1.82 bits per heavy atom. The molecule has 116 valence electrons. The molecule has 0 bridgehead atoms. The van der Waals surface area contributed by atoms with Gasteiger partial charge in [-0.1, -0.05) is 24.3 Å². The zero-order valence-corrected chi connectivity index (χ0v) is 12.6. The number of nitrogens with one attached hydrogen (secondary N) is 1. The van der Waals surface area contributed by atoms with Gasteiger partial charge in [0.2, 0.25) is 0 Å². The van der Waals surface area contributed by atoms with E-state index in [1.54, 1.807) is 37.3 Å². The fraction of sp³-hybridized carbons (Fsp3) is 0.133. The van der Waals surface area contributed by atoms with Gasteiger partial charge in [0.15, 0.2) is 5.75 Å². The fourth-order valence-corrected chi connectivity index (χ4v) is 2.55. The molecule has 0 fully saturated rings. The highest BCUT2D eigenvalue weighted by molar-refractivity contribution is 7.86. The van der Waals surface area contributed by atoms with Gasteiger partial charge >= 0.3 is 0 Å². The maximum atomic E-state index is 12.2. The number of carbonyl (C=O) groups excluding carboxylic acids is 1. The lowest BCUT2D eigenvalue weighted by molar-refractivity contribution is 0.102. The molecular weight excluding hydrogens is 306 g/mol. The van der Waals surface area contributed by atoms with Crippen LogP contribution >= 0.6 is 0 Å². The Hall–Kier alpha value is -2.38. The minimum absolute atomic E-state index is 0.0863. The Morgan fingerprint density at radius 3 is 2.41 bits per heavy atom. The number of ether oxygens (including phenoxy) is 1. The van der Waals surface area contributed by atoms with Gasteiger partial charge in [-0.05, 0) is 31.2 Å². The van der Waals surface area contributed by atoms with Crippen LogP contribution in [0.15, 0.2) is 53.4 Å². The summed E-state index contributed by atoms with van der Waals surface area (Å²) in [6.45, 7) is 1.85. The molecule has 0 saturated heterocycles. The zero-order valence-electron chi connectivity index (χ0n) is 11.8. The highest BCUT2D eigenvalue weighted by atomic mass is 32.2. The topological polar surface area (TPSA) is 92.7 Å². The summed E-state index contributed by atoms with van der Waals surface area (Å²) in [7, 11) is -4.45. The van der Waals surface area contributed by atoms with Crippen molar-refractivity contribution < 1.29 is 22.5 Å². The van der Waals surface area contributed by atoms with Crippen molar-refractivity contribution in [1.82, 2.24) is 0 Å². The van der Waals surface area contributed by atoms with E-state index < -0.39 is 16.0 Å². The first kappa shape index (κ1) is 16.0. The lowest BCUT2D eigenvalue weighted by Crippen LogP contribution is -2.14. The number of benzene rings is 2. The summed E-state index contributed by atoms with van der Waals surface area (Å²) in [4.78, 5) is 11.8. The van der Waals surface area contributed by atoms with Gasteiger partial charge in [-0.15, -0.1) is 0 Å². The van der Waals surface area contributed by atoms with Gasteiger partial charge in [0, 0.05) is 5.56 Å². The lowest BCUT2D eigenvalue weighted by atomic mass is 10.2. The van der Waals surface area contributed by atoms with Crippen LogP contribution in [0.5, 0.6) is 5.75 Å². The third kappa shape index (κ3) is 3.63. The minimum atomic E-state index is -4.45. The molecule has 0 aliphatic rings. The third-order valence-corrected chi connectivity index (χ3v) is 3.71. The molecule has 0 aromatic heterocycles. The summed E-state index contributed by atoms with van der Waals surface area (Å²) >= 11 is 0. The van der Waals surface area contributed by atoms with E-state index in [9.17, 15) is 17.8 Å². The first-order chi connectivity index (χ1) is 10.4. The third-order valence-electron chi connectivity index (χ3n) is 2.83. The van der Waals surface area contributed by atoms with E-state index in [2.05, 4.69) is 5.32 Å². The standard InChI is InChI=1S/C15H15NO5S/c1-2-21-14-12(9-6-10-13(14)22(18,19)20)16-15(17)11-7-4-3-5-8-11/h3-10H,2H2,1H3,(H,16,17)(H,18,19,20). The number of carbonyl (C=O) groups is 1. The number of amides is 1. The number of hydrogen-bond donors (Lipinski definition) is 2. The highest BCUT2D eigenvalue weighted by Gasteiger charge is 2.21. The van der Waals surface area contributed by atoms with Gasteiger partial charge in [0.1, 0.15) is 4.90 Å². The molecule has 0 heterocycles. The van der Waals surface area contributed by atoms with Crippen LogP contribution in [0.1, 0.15) is 17.3 Å².